The highest BCUT2D eigenvalue weighted by Crippen LogP contribution is 2.23. The van der Waals surface area contributed by atoms with Crippen molar-refractivity contribution in [2.75, 3.05) is 13.1 Å². The Bertz CT molecular complexity index is 366. The van der Waals surface area contributed by atoms with Crippen LogP contribution in [0, 0.1) is 0 Å². The zero-order chi connectivity index (χ0) is 15.6. The van der Waals surface area contributed by atoms with Crippen LogP contribution in [0.25, 0.3) is 0 Å². The number of aromatic nitrogens is 1. The van der Waals surface area contributed by atoms with Gasteiger partial charge in [0.25, 0.3) is 0 Å². The van der Waals surface area contributed by atoms with Crippen molar-refractivity contribution in [3.63, 3.8) is 0 Å². The smallest absolute Gasteiger partial charge is 0.0544 e. The molecular formula is C18H33N3. The second-order valence-corrected chi connectivity index (χ2v) is 6.20. The van der Waals surface area contributed by atoms with Crippen molar-refractivity contribution in [1.82, 2.24) is 9.88 Å². The predicted octanol–water partition coefficient (Wildman–Crippen LogP) is 3.98. The van der Waals surface area contributed by atoms with Gasteiger partial charge in [0.05, 0.1) is 5.69 Å². The van der Waals surface area contributed by atoms with Gasteiger partial charge in [0.1, 0.15) is 0 Å². The van der Waals surface area contributed by atoms with E-state index in [1.165, 1.54) is 38.5 Å². The van der Waals surface area contributed by atoms with E-state index in [1.807, 2.05) is 12.3 Å². The molecule has 1 atom stereocenters. The first kappa shape index (κ1) is 18.1. The second kappa shape index (κ2) is 9.91. The molecule has 120 valence electrons. The molecular weight excluding hydrogens is 258 g/mol. The van der Waals surface area contributed by atoms with E-state index in [4.69, 9.17) is 5.73 Å². The van der Waals surface area contributed by atoms with Crippen molar-refractivity contribution in [3.05, 3.63) is 30.1 Å². The van der Waals surface area contributed by atoms with E-state index in [1.54, 1.807) is 0 Å². The molecule has 0 saturated heterocycles. The zero-order valence-electron chi connectivity index (χ0n) is 14.1. The highest BCUT2D eigenvalue weighted by molar-refractivity contribution is 5.04. The Labute approximate surface area is 130 Å². The highest BCUT2D eigenvalue weighted by atomic mass is 15.2. The fraction of sp³-hybridized carbons (Fsp3) is 0.722. The molecule has 0 aliphatic rings. The van der Waals surface area contributed by atoms with Crippen LogP contribution in [0.4, 0.5) is 0 Å². The van der Waals surface area contributed by atoms with Gasteiger partial charge in [-0.1, -0.05) is 52.0 Å². The van der Waals surface area contributed by atoms with Crippen molar-refractivity contribution in [1.29, 1.82) is 0 Å². The van der Waals surface area contributed by atoms with Crippen LogP contribution in [0.3, 0.4) is 0 Å². The van der Waals surface area contributed by atoms with Gasteiger partial charge in [0.2, 0.25) is 0 Å². The Kier molecular flexibility index (Phi) is 8.55. The maximum Gasteiger partial charge on any atom is 0.0544 e. The predicted molar refractivity (Wildman–Crippen MR) is 91.2 cm³/mol. The van der Waals surface area contributed by atoms with Crippen LogP contribution in [0.1, 0.15) is 65.0 Å². The molecule has 0 aliphatic carbocycles. The van der Waals surface area contributed by atoms with E-state index in [0.717, 1.165) is 18.8 Å². The lowest BCUT2D eigenvalue weighted by Crippen LogP contribution is -2.51. The van der Waals surface area contributed by atoms with Crippen LogP contribution in [0.2, 0.25) is 0 Å². The number of likely N-dealkylation sites (N-methyl/N-ethyl adjacent to an activating group) is 1. The molecule has 0 aromatic carbocycles. The molecule has 1 rings (SSSR count). The molecule has 1 heterocycles. The Morgan fingerprint density at radius 3 is 2.48 bits per heavy atom. The molecule has 2 N–H and O–H groups in total. The van der Waals surface area contributed by atoms with Gasteiger partial charge < -0.3 is 5.73 Å². The van der Waals surface area contributed by atoms with E-state index >= 15 is 0 Å². The van der Waals surface area contributed by atoms with Crippen molar-refractivity contribution in [2.45, 2.75) is 71.4 Å². The fourth-order valence-electron chi connectivity index (χ4n) is 2.87. The van der Waals surface area contributed by atoms with E-state index in [9.17, 15) is 0 Å². The van der Waals surface area contributed by atoms with Crippen LogP contribution >= 0.6 is 0 Å². The van der Waals surface area contributed by atoms with Gasteiger partial charge in [-0.3, -0.25) is 9.88 Å². The van der Waals surface area contributed by atoms with E-state index < -0.39 is 0 Å². The average molecular weight is 291 g/mol. The molecule has 3 heteroatoms. The van der Waals surface area contributed by atoms with E-state index in [0.29, 0.717) is 6.54 Å². The summed E-state index contributed by atoms with van der Waals surface area (Å²) in [4.78, 5) is 6.93. The van der Waals surface area contributed by atoms with Crippen molar-refractivity contribution < 1.29 is 0 Å². The maximum absolute atomic E-state index is 6.12. The molecule has 0 spiro atoms. The first-order chi connectivity index (χ1) is 10.2. The van der Waals surface area contributed by atoms with Gasteiger partial charge in [-0.15, -0.1) is 0 Å². The van der Waals surface area contributed by atoms with Crippen molar-refractivity contribution in [3.8, 4) is 0 Å². The number of hydrogen-bond acceptors (Lipinski definition) is 3. The summed E-state index contributed by atoms with van der Waals surface area (Å²) in [6.45, 7) is 9.39. The van der Waals surface area contributed by atoms with E-state index in [-0.39, 0.29) is 5.54 Å². The Morgan fingerprint density at radius 1 is 1.14 bits per heavy atom. The van der Waals surface area contributed by atoms with E-state index in [2.05, 4.69) is 42.8 Å². The standard InChI is InChI=1S/C18H33N3/c1-4-6-7-8-10-13-18(3,16-19)21(5-2)15-17-12-9-11-14-20-17/h9,11-12,14H,4-8,10,13,15-16,19H2,1-3H3. The molecule has 0 radical (unpaired) electrons. The Morgan fingerprint density at radius 2 is 1.90 bits per heavy atom. The first-order valence-corrected chi connectivity index (χ1v) is 8.51. The molecule has 1 aromatic heterocycles. The summed E-state index contributed by atoms with van der Waals surface area (Å²) in [6, 6.07) is 6.12. The zero-order valence-corrected chi connectivity index (χ0v) is 14.1. The summed E-state index contributed by atoms with van der Waals surface area (Å²) in [5.74, 6) is 0. The summed E-state index contributed by atoms with van der Waals surface area (Å²) < 4.78 is 0. The van der Waals surface area contributed by atoms with Gasteiger partial charge in [0, 0.05) is 24.8 Å². The fourth-order valence-corrected chi connectivity index (χ4v) is 2.87. The summed E-state index contributed by atoms with van der Waals surface area (Å²) >= 11 is 0. The normalized spacial score (nSPS) is 14.3. The molecule has 0 aliphatic heterocycles. The largest absolute Gasteiger partial charge is 0.329 e. The van der Waals surface area contributed by atoms with Crippen LogP contribution in [0.15, 0.2) is 24.4 Å². The first-order valence-electron chi connectivity index (χ1n) is 8.51. The monoisotopic (exact) mass is 291 g/mol. The lowest BCUT2D eigenvalue weighted by molar-refractivity contribution is 0.0950. The molecule has 0 bridgehead atoms. The average Bonchev–Trinajstić information content (AvgIpc) is 2.53. The third-order valence-corrected chi connectivity index (χ3v) is 4.48. The van der Waals surface area contributed by atoms with Crippen molar-refractivity contribution >= 4 is 0 Å². The summed E-state index contributed by atoms with van der Waals surface area (Å²) in [6.07, 6.45) is 9.64. The summed E-state index contributed by atoms with van der Waals surface area (Å²) in [5, 5.41) is 0. The molecule has 21 heavy (non-hydrogen) atoms. The van der Waals surface area contributed by atoms with Crippen LogP contribution in [0.5, 0.6) is 0 Å². The summed E-state index contributed by atoms with van der Waals surface area (Å²) in [5.41, 5.74) is 7.33. The molecule has 0 fully saturated rings. The number of nitrogens with zero attached hydrogens (tertiary/aromatic N) is 2. The molecule has 0 saturated carbocycles. The molecule has 1 unspecified atom stereocenters. The van der Waals surface area contributed by atoms with Gasteiger partial charge in [-0.25, -0.2) is 0 Å². The molecule has 0 amide bonds. The lowest BCUT2D eigenvalue weighted by atomic mass is 9.91. The maximum atomic E-state index is 6.12. The number of hydrogen-bond donors (Lipinski definition) is 1. The van der Waals surface area contributed by atoms with Crippen LogP contribution in [-0.2, 0) is 6.54 Å². The van der Waals surface area contributed by atoms with Crippen LogP contribution < -0.4 is 5.73 Å². The minimum Gasteiger partial charge on any atom is -0.329 e. The minimum absolute atomic E-state index is 0.0818. The van der Waals surface area contributed by atoms with Gasteiger partial charge in [-0.05, 0) is 32.0 Å². The molecule has 3 nitrogen and oxygen atoms in total. The number of nitrogens with two attached hydrogens (primary N) is 1. The third kappa shape index (κ3) is 6.15. The molecule has 1 aromatic rings. The van der Waals surface area contributed by atoms with Crippen LogP contribution in [-0.4, -0.2) is 28.5 Å². The minimum atomic E-state index is 0.0818. The van der Waals surface area contributed by atoms with Gasteiger partial charge >= 0.3 is 0 Å². The lowest BCUT2D eigenvalue weighted by Gasteiger charge is -2.40. The Balaban J connectivity index is 2.56. The number of pyridine rings is 1. The quantitative estimate of drug-likeness (QED) is 0.627. The topological polar surface area (TPSA) is 42.1 Å². The Hall–Kier alpha value is -0.930. The number of rotatable bonds is 11. The second-order valence-electron chi connectivity index (χ2n) is 6.20. The number of unbranched alkanes of at least 4 members (excludes halogenated alkanes) is 4. The van der Waals surface area contributed by atoms with Crippen molar-refractivity contribution in [2.24, 2.45) is 5.73 Å². The SMILES string of the molecule is CCCCCCCC(C)(CN)N(CC)Cc1ccccn1. The van der Waals surface area contributed by atoms with Gasteiger partial charge in [0.15, 0.2) is 0 Å². The highest BCUT2D eigenvalue weighted by Gasteiger charge is 2.29. The third-order valence-electron chi connectivity index (χ3n) is 4.48. The summed E-state index contributed by atoms with van der Waals surface area (Å²) in [7, 11) is 0. The van der Waals surface area contributed by atoms with Gasteiger partial charge in [-0.2, -0.15) is 0 Å².